The third kappa shape index (κ3) is 3.74. The molecule has 1 amide bonds. The van der Waals surface area contributed by atoms with Gasteiger partial charge in [-0.25, -0.2) is 0 Å². The van der Waals surface area contributed by atoms with Crippen LogP contribution in [0.2, 0.25) is 0 Å². The Morgan fingerprint density at radius 2 is 2.08 bits per heavy atom. The number of H-pyrrole nitrogens is 1. The quantitative estimate of drug-likeness (QED) is 0.907. The highest BCUT2D eigenvalue weighted by molar-refractivity contribution is 7.10. The predicted molar refractivity (Wildman–Crippen MR) is 95.1 cm³/mol. The molecule has 0 fully saturated rings. The smallest absolute Gasteiger partial charge is 0.266 e. The molecule has 0 aliphatic heterocycles. The van der Waals surface area contributed by atoms with Crippen LogP contribution in [0.1, 0.15) is 39.2 Å². The van der Waals surface area contributed by atoms with E-state index in [9.17, 15) is 9.59 Å². The van der Waals surface area contributed by atoms with Crippen molar-refractivity contribution in [2.24, 2.45) is 0 Å². The van der Waals surface area contributed by atoms with Crippen LogP contribution in [0.5, 0.6) is 0 Å². The maximum absolute atomic E-state index is 12.4. The molecule has 5 nitrogen and oxygen atoms in total. The molecular weight excluding hydrogens is 322 g/mol. The Morgan fingerprint density at radius 3 is 2.67 bits per heavy atom. The lowest BCUT2D eigenvalue weighted by atomic mass is 9.99. The molecule has 0 aliphatic carbocycles. The zero-order chi connectivity index (χ0) is 17.9. The maximum atomic E-state index is 12.4. The van der Waals surface area contributed by atoms with Crippen molar-refractivity contribution in [1.29, 1.82) is 5.26 Å². The van der Waals surface area contributed by atoms with Gasteiger partial charge in [-0.15, -0.1) is 11.3 Å². The van der Waals surface area contributed by atoms with E-state index in [0.29, 0.717) is 24.9 Å². The number of hydrogen-bond acceptors (Lipinski definition) is 4. The van der Waals surface area contributed by atoms with Crippen molar-refractivity contribution in [2.75, 3.05) is 7.05 Å². The Kier molecular flexibility index (Phi) is 5.58. The summed E-state index contributed by atoms with van der Waals surface area (Å²) in [5.74, 6) is 0.0475. The van der Waals surface area contributed by atoms with Gasteiger partial charge in [0.25, 0.3) is 5.56 Å². The third-order valence-corrected chi connectivity index (χ3v) is 5.29. The lowest BCUT2D eigenvalue weighted by molar-refractivity contribution is -0.130. The van der Waals surface area contributed by atoms with Crippen LogP contribution in [0.15, 0.2) is 16.2 Å². The van der Waals surface area contributed by atoms with Gasteiger partial charge in [0.2, 0.25) is 5.91 Å². The number of aromatic amines is 1. The molecular formula is C18H21N3O2S. The average molecular weight is 343 g/mol. The summed E-state index contributed by atoms with van der Waals surface area (Å²) in [6, 6.07) is 3.99. The number of thiophene rings is 1. The Balaban J connectivity index is 2.08. The fourth-order valence-electron chi connectivity index (χ4n) is 2.71. The summed E-state index contributed by atoms with van der Waals surface area (Å²) >= 11 is 1.65. The molecule has 0 atom stereocenters. The molecule has 6 heteroatoms. The van der Waals surface area contributed by atoms with Crippen molar-refractivity contribution < 1.29 is 4.79 Å². The molecule has 2 aromatic rings. The maximum Gasteiger partial charge on any atom is 0.266 e. The normalized spacial score (nSPS) is 10.5. The standard InChI is InChI=1S/C18H21N3O2S/c1-11-7-8-24-16(11)10-21(4)17(22)6-5-14-12(2)15(9-19)18(23)20-13(14)3/h7-8H,5-6,10H2,1-4H3,(H,20,23). The van der Waals surface area contributed by atoms with Crippen LogP contribution in [-0.2, 0) is 17.8 Å². The lowest BCUT2D eigenvalue weighted by Gasteiger charge is -2.18. The number of rotatable bonds is 5. The first kappa shape index (κ1) is 18.0. The van der Waals surface area contributed by atoms with Gasteiger partial charge in [0, 0.05) is 24.0 Å². The fraction of sp³-hybridized carbons (Fsp3) is 0.389. The summed E-state index contributed by atoms with van der Waals surface area (Å²) in [6.45, 7) is 6.21. The highest BCUT2D eigenvalue weighted by atomic mass is 32.1. The second-order valence-electron chi connectivity index (χ2n) is 5.95. The van der Waals surface area contributed by atoms with Gasteiger partial charge in [0.05, 0.1) is 6.54 Å². The first-order valence-electron chi connectivity index (χ1n) is 7.74. The second-order valence-corrected chi connectivity index (χ2v) is 6.95. The topological polar surface area (TPSA) is 77.0 Å². The van der Waals surface area contributed by atoms with Crippen molar-refractivity contribution in [1.82, 2.24) is 9.88 Å². The van der Waals surface area contributed by atoms with Crippen LogP contribution in [0, 0.1) is 32.1 Å². The van der Waals surface area contributed by atoms with Crippen LogP contribution < -0.4 is 5.56 Å². The van der Waals surface area contributed by atoms with E-state index >= 15 is 0 Å². The summed E-state index contributed by atoms with van der Waals surface area (Å²) in [4.78, 5) is 29.7. The second kappa shape index (κ2) is 7.45. The zero-order valence-electron chi connectivity index (χ0n) is 14.4. The minimum atomic E-state index is -0.368. The molecule has 0 radical (unpaired) electrons. The van der Waals surface area contributed by atoms with Crippen LogP contribution in [0.25, 0.3) is 0 Å². The summed E-state index contributed by atoms with van der Waals surface area (Å²) in [7, 11) is 1.80. The van der Waals surface area contributed by atoms with Gasteiger partial charge in [-0.2, -0.15) is 5.26 Å². The summed E-state index contributed by atoms with van der Waals surface area (Å²) in [5, 5.41) is 11.1. The van der Waals surface area contributed by atoms with Crippen LogP contribution in [0.4, 0.5) is 0 Å². The minimum Gasteiger partial charge on any atom is -0.341 e. The van der Waals surface area contributed by atoms with E-state index in [1.165, 1.54) is 10.4 Å². The molecule has 0 bridgehead atoms. The summed E-state index contributed by atoms with van der Waals surface area (Å²) < 4.78 is 0. The van der Waals surface area contributed by atoms with E-state index in [2.05, 4.69) is 11.1 Å². The Bertz CT molecular complexity index is 858. The van der Waals surface area contributed by atoms with Crippen molar-refractivity contribution >= 4 is 17.2 Å². The first-order valence-corrected chi connectivity index (χ1v) is 8.62. The molecule has 1 N–H and O–H groups in total. The van der Waals surface area contributed by atoms with E-state index in [1.54, 1.807) is 37.1 Å². The number of carbonyl (C=O) groups excluding carboxylic acids is 1. The van der Waals surface area contributed by atoms with E-state index in [-0.39, 0.29) is 17.0 Å². The van der Waals surface area contributed by atoms with Gasteiger partial charge in [-0.1, -0.05) is 0 Å². The van der Waals surface area contributed by atoms with Gasteiger partial charge in [0.1, 0.15) is 11.6 Å². The van der Waals surface area contributed by atoms with E-state index in [0.717, 1.165) is 11.3 Å². The number of hydrogen-bond donors (Lipinski definition) is 1. The average Bonchev–Trinajstić information content (AvgIpc) is 2.92. The van der Waals surface area contributed by atoms with Crippen LogP contribution >= 0.6 is 11.3 Å². The molecule has 2 rings (SSSR count). The Hall–Kier alpha value is -2.39. The highest BCUT2D eigenvalue weighted by Crippen LogP contribution is 2.19. The number of nitriles is 1. The Morgan fingerprint density at radius 1 is 1.38 bits per heavy atom. The van der Waals surface area contributed by atoms with Crippen molar-refractivity contribution in [2.45, 2.75) is 40.2 Å². The van der Waals surface area contributed by atoms with Gasteiger partial charge >= 0.3 is 0 Å². The summed E-state index contributed by atoms with van der Waals surface area (Å²) in [5.41, 5.74) is 3.23. The third-order valence-electron chi connectivity index (χ3n) is 4.28. The number of amides is 1. The number of nitrogens with one attached hydrogen (secondary N) is 1. The molecule has 0 saturated heterocycles. The molecule has 2 heterocycles. The molecule has 0 unspecified atom stereocenters. The summed E-state index contributed by atoms with van der Waals surface area (Å²) in [6.07, 6.45) is 0.856. The van der Waals surface area contributed by atoms with Crippen molar-refractivity contribution in [3.8, 4) is 6.07 Å². The monoisotopic (exact) mass is 343 g/mol. The molecule has 0 aliphatic rings. The number of carbonyl (C=O) groups is 1. The van der Waals surface area contributed by atoms with Crippen molar-refractivity contribution in [3.63, 3.8) is 0 Å². The highest BCUT2D eigenvalue weighted by Gasteiger charge is 2.16. The molecule has 0 aromatic carbocycles. The van der Waals surface area contributed by atoms with E-state index in [4.69, 9.17) is 5.26 Å². The van der Waals surface area contributed by atoms with Gasteiger partial charge in [-0.3, -0.25) is 9.59 Å². The van der Waals surface area contributed by atoms with Crippen LogP contribution in [-0.4, -0.2) is 22.8 Å². The molecule has 24 heavy (non-hydrogen) atoms. The number of aromatic nitrogens is 1. The number of nitrogens with zero attached hydrogens (tertiary/aromatic N) is 2. The fourth-order valence-corrected chi connectivity index (χ4v) is 3.67. The molecule has 0 spiro atoms. The molecule has 126 valence electrons. The predicted octanol–water partition coefficient (Wildman–Crippen LogP) is 2.82. The lowest BCUT2D eigenvalue weighted by Crippen LogP contribution is -2.26. The van der Waals surface area contributed by atoms with E-state index in [1.807, 2.05) is 18.4 Å². The van der Waals surface area contributed by atoms with Gasteiger partial charge in [-0.05, 0) is 55.3 Å². The van der Waals surface area contributed by atoms with Crippen molar-refractivity contribution in [3.05, 3.63) is 54.6 Å². The molecule has 0 saturated carbocycles. The van der Waals surface area contributed by atoms with E-state index < -0.39 is 0 Å². The van der Waals surface area contributed by atoms with Crippen LogP contribution in [0.3, 0.4) is 0 Å². The molecule has 2 aromatic heterocycles. The van der Waals surface area contributed by atoms with Gasteiger partial charge < -0.3 is 9.88 Å². The minimum absolute atomic E-state index is 0.0475. The largest absolute Gasteiger partial charge is 0.341 e. The number of pyridine rings is 1. The first-order chi connectivity index (χ1) is 11.3. The Labute approximate surface area is 145 Å². The SMILES string of the molecule is Cc1ccsc1CN(C)C(=O)CCc1c(C)[nH]c(=O)c(C#N)c1C. The van der Waals surface area contributed by atoms with Gasteiger partial charge in [0.15, 0.2) is 0 Å². The zero-order valence-corrected chi connectivity index (χ0v) is 15.2. The number of aryl methyl sites for hydroxylation is 2.